The van der Waals surface area contributed by atoms with Crippen molar-refractivity contribution >= 4 is 16.6 Å². The third-order valence-electron chi connectivity index (χ3n) is 12.3. The van der Waals surface area contributed by atoms with Crippen LogP contribution in [0.15, 0.2) is 48.6 Å². The average Bonchev–Trinajstić information content (AvgIpc) is 3.63. The summed E-state index contributed by atoms with van der Waals surface area (Å²) >= 11 is 0. The lowest BCUT2D eigenvalue weighted by Gasteiger charge is -2.50. The second kappa shape index (κ2) is 14.0. The Balaban J connectivity index is 1.68. The lowest BCUT2D eigenvalue weighted by molar-refractivity contribution is -0.0270. The van der Waals surface area contributed by atoms with Crippen molar-refractivity contribution in [3.05, 3.63) is 48.6 Å². The highest BCUT2D eigenvalue weighted by Crippen LogP contribution is 2.61. The van der Waals surface area contributed by atoms with E-state index in [9.17, 15) is 0 Å². The van der Waals surface area contributed by atoms with Crippen molar-refractivity contribution < 1.29 is 8.85 Å². The molecule has 0 aromatic rings. The van der Waals surface area contributed by atoms with E-state index in [1.807, 2.05) is 0 Å². The lowest BCUT2D eigenvalue weighted by atomic mass is 9.57. The van der Waals surface area contributed by atoms with Crippen LogP contribution in [0.2, 0.25) is 36.3 Å². The summed E-state index contributed by atoms with van der Waals surface area (Å²) in [6.07, 6.45) is 27.4. The fraction of sp³-hybridized carbons (Fsp3) is 0.771. The van der Waals surface area contributed by atoms with Gasteiger partial charge in [0.2, 0.25) is 0 Å². The topological polar surface area (TPSA) is 18.5 Å². The summed E-state index contributed by atoms with van der Waals surface area (Å²) in [4.78, 5) is 0. The van der Waals surface area contributed by atoms with Crippen molar-refractivity contribution in [3.8, 4) is 0 Å². The van der Waals surface area contributed by atoms with Gasteiger partial charge in [-0.15, -0.1) is 0 Å². The summed E-state index contributed by atoms with van der Waals surface area (Å²) in [5.41, 5.74) is 0.236. The molecule has 2 nitrogen and oxygen atoms in total. The van der Waals surface area contributed by atoms with E-state index in [0.29, 0.717) is 11.8 Å². The molecule has 0 amide bonds. The van der Waals surface area contributed by atoms with E-state index in [0.717, 1.165) is 36.9 Å². The number of allylic oxidation sites excluding steroid dienone is 8. The standard InChI is InChI=1S/C35H60O2Si2/c1-7-38(8-2,9-3)36-27-17-26-35(28-37-39(10-4,11-5)12-6,33-24-22-29-18-13-15-20-31(29)33)34-25-23-30-19-14-16-21-32(30)34/h13-16,18-21,29-34H,7-12,17,22-28H2,1-6H3. The third kappa shape index (κ3) is 6.39. The fourth-order valence-corrected chi connectivity index (χ4v) is 14.7. The molecule has 4 aliphatic carbocycles. The van der Waals surface area contributed by atoms with Gasteiger partial charge in [-0.2, -0.15) is 0 Å². The van der Waals surface area contributed by atoms with Gasteiger partial charge in [0.05, 0.1) is 0 Å². The van der Waals surface area contributed by atoms with E-state index in [1.54, 1.807) is 0 Å². The molecule has 0 radical (unpaired) electrons. The Morgan fingerprint density at radius 2 is 1.03 bits per heavy atom. The molecule has 0 spiro atoms. The van der Waals surface area contributed by atoms with E-state index in [1.165, 1.54) is 74.8 Å². The van der Waals surface area contributed by atoms with Crippen molar-refractivity contribution in [1.82, 2.24) is 0 Å². The van der Waals surface area contributed by atoms with Crippen LogP contribution in [-0.2, 0) is 8.85 Å². The summed E-state index contributed by atoms with van der Waals surface area (Å²) in [5, 5.41) is 0. The van der Waals surface area contributed by atoms with Crippen LogP contribution >= 0.6 is 0 Å². The third-order valence-corrected chi connectivity index (χ3v) is 21.6. The summed E-state index contributed by atoms with van der Waals surface area (Å²) in [6.45, 7) is 16.2. The average molecular weight is 569 g/mol. The minimum Gasteiger partial charge on any atom is -0.417 e. The number of fused-ring (bicyclic) bond motifs is 2. The minimum absolute atomic E-state index is 0.236. The molecule has 0 aliphatic heterocycles. The second-order valence-corrected chi connectivity index (χ2v) is 22.9. The van der Waals surface area contributed by atoms with Crippen LogP contribution in [0.1, 0.15) is 80.1 Å². The maximum Gasteiger partial charge on any atom is 0.192 e. The molecular weight excluding hydrogens is 509 g/mol. The smallest absolute Gasteiger partial charge is 0.192 e. The maximum absolute atomic E-state index is 7.41. The lowest BCUT2D eigenvalue weighted by Crippen LogP contribution is -2.49. The van der Waals surface area contributed by atoms with Crippen molar-refractivity contribution in [3.63, 3.8) is 0 Å². The molecule has 39 heavy (non-hydrogen) atoms. The molecule has 220 valence electrons. The van der Waals surface area contributed by atoms with Crippen LogP contribution in [0.3, 0.4) is 0 Å². The molecule has 0 heterocycles. The fourth-order valence-electron chi connectivity index (χ4n) is 9.28. The van der Waals surface area contributed by atoms with Gasteiger partial charge >= 0.3 is 0 Å². The van der Waals surface area contributed by atoms with Crippen LogP contribution in [0.25, 0.3) is 0 Å². The molecule has 4 aliphatic rings. The van der Waals surface area contributed by atoms with E-state index >= 15 is 0 Å². The quantitative estimate of drug-likeness (QED) is 0.136. The van der Waals surface area contributed by atoms with Gasteiger partial charge in [-0.3, -0.25) is 0 Å². The Morgan fingerprint density at radius 3 is 1.49 bits per heavy atom. The minimum atomic E-state index is -1.70. The summed E-state index contributed by atoms with van der Waals surface area (Å²) < 4.78 is 14.3. The van der Waals surface area contributed by atoms with Crippen LogP contribution in [0, 0.1) is 40.9 Å². The van der Waals surface area contributed by atoms with Crippen molar-refractivity contribution in [1.29, 1.82) is 0 Å². The highest BCUT2D eigenvalue weighted by Gasteiger charge is 2.56. The van der Waals surface area contributed by atoms with Crippen molar-refractivity contribution in [2.45, 2.75) is 116 Å². The van der Waals surface area contributed by atoms with Gasteiger partial charge in [0, 0.05) is 13.2 Å². The zero-order valence-electron chi connectivity index (χ0n) is 26.3. The van der Waals surface area contributed by atoms with Crippen molar-refractivity contribution in [2.24, 2.45) is 40.9 Å². The predicted molar refractivity (Wildman–Crippen MR) is 174 cm³/mol. The van der Waals surface area contributed by atoms with Crippen molar-refractivity contribution in [2.75, 3.05) is 13.2 Å². The first-order valence-electron chi connectivity index (χ1n) is 16.9. The number of hydrogen-bond acceptors (Lipinski definition) is 2. The normalized spacial score (nSPS) is 31.4. The van der Waals surface area contributed by atoms with Gasteiger partial charge in [0.25, 0.3) is 0 Å². The summed E-state index contributed by atoms with van der Waals surface area (Å²) in [7, 11) is -3.26. The predicted octanol–water partition coefficient (Wildman–Crippen LogP) is 10.3. The maximum atomic E-state index is 7.41. The van der Waals surface area contributed by atoms with Crippen LogP contribution in [0.4, 0.5) is 0 Å². The van der Waals surface area contributed by atoms with Gasteiger partial charge in [-0.05, 0) is 116 Å². The Hall–Kier alpha value is -0.686. The molecule has 2 fully saturated rings. The molecule has 0 bridgehead atoms. The molecule has 4 heteroatoms. The molecule has 4 rings (SSSR count). The van der Waals surface area contributed by atoms with E-state index in [4.69, 9.17) is 8.85 Å². The molecule has 0 aromatic carbocycles. The van der Waals surface area contributed by atoms with E-state index < -0.39 is 16.6 Å². The van der Waals surface area contributed by atoms with Crippen LogP contribution < -0.4 is 0 Å². The molecule has 2 saturated carbocycles. The highest BCUT2D eigenvalue weighted by atomic mass is 28.4. The summed E-state index contributed by atoms with van der Waals surface area (Å²) in [6, 6.07) is 7.48. The summed E-state index contributed by atoms with van der Waals surface area (Å²) in [5.74, 6) is 4.24. The molecule has 0 N–H and O–H groups in total. The van der Waals surface area contributed by atoms with Gasteiger partial charge in [0.1, 0.15) is 0 Å². The van der Waals surface area contributed by atoms with Gasteiger partial charge in [-0.25, -0.2) is 0 Å². The monoisotopic (exact) mass is 568 g/mol. The zero-order valence-corrected chi connectivity index (χ0v) is 28.3. The van der Waals surface area contributed by atoms with E-state index in [-0.39, 0.29) is 5.41 Å². The first-order chi connectivity index (χ1) is 19.0. The zero-order chi connectivity index (χ0) is 27.9. The Bertz CT molecular complexity index is 821. The molecule has 0 aromatic heterocycles. The molecule has 6 atom stereocenters. The molecule has 0 saturated heterocycles. The second-order valence-electron chi connectivity index (χ2n) is 13.4. The first-order valence-corrected chi connectivity index (χ1v) is 22.0. The first kappa shape index (κ1) is 31.3. The number of rotatable bonds is 16. The Kier molecular flexibility index (Phi) is 11.2. The van der Waals surface area contributed by atoms with E-state index in [2.05, 4.69) is 90.2 Å². The molecule has 6 unspecified atom stereocenters. The van der Waals surface area contributed by atoms with Gasteiger partial charge in [-0.1, -0.05) is 90.2 Å². The van der Waals surface area contributed by atoms with Gasteiger partial charge < -0.3 is 8.85 Å². The highest BCUT2D eigenvalue weighted by molar-refractivity contribution is 6.74. The molecular formula is C35H60O2Si2. The SMILES string of the molecule is CC[Si](CC)(CC)OCCCC(CO[Si](CC)(CC)CC)(C1CCC2C=CC=CC21)C1CCC2C=CC=CC21. The Morgan fingerprint density at radius 1 is 0.590 bits per heavy atom. The number of hydrogen-bond donors (Lipinski definition) is 0. The van der Waals surface area contributed by atoms with Crippen LogP contribution in [-0.4, -0.2) is 29.8 Å². The largest absolute Gasteiger partial charge is 0.417 e. The Labute approximate surface area is 244 Å². The van der Waals surface area contributed by atoms with Gasteiger partial charge in [0.15, 0.2) is 16.6 Å². The van der Waals surface area contributed by atoms with Crippen LogP contribution in [0.5, 0.6) is 0 Å².